The van der Waals surface area contributed by atoms with Crippen LogP contribution in [0, 0.1) is 11.8 Å². The van der Waals surface area contributed by atoms with Crippen molar-refractivity contribution in [3.8, 4) is 0 Å². The van der Waals surface area contributed by atoms with E-state index in [9.17, 15) is 4.79 Å². The molecule has 3 atom stereocenters. The zero-order valence-electron chi connectivity index (χ0n) is 10.5. The molecule has 3 aliphatic rings. The lowest BCUT2D eigenvalue weighted by Crippen LogP contribution is -2.46. The van der Waals surface area contributed by atoms with Crippen LogP contribution < -0.4 is 5.32 Å². The minimum atomic E-state index is 0.213. The van der Waals surface area contributed by atoms with Crippen molar-refractivity contribution in [1.29, 1.82) is 0 Å². The number of carbonyl (C=O) groups excluding carboxylic acids is 1. The van der Waals surface area contributed by atoms with Crippen molar-refractivity contribution in [2.75, 3.05) is 26.3 Å². The summed E-state index contributed by atoms with van der Waals surface area (Å²) in [6.07, 6.45) is 2.99. The zero-order valence-corrected chi connectivity index (χ0v) is 10.5. The monoisotopic (exact) mass is 238 g/mol. The Morgan fingerprint density at radius 1 is 1.29 bits per heavy atom. The number of hydrogen-bond acceptors (Lipinski definition) is 3. The van der Waals surface area contributed by atoms with Gasteiger partial charge in [-0.2, -0.15) is 0 Å². The van der Waals surface area contributed by atoms with Crippen LogP contribution in [-0.2, 0) is 9.53 Å². The third-order valence-corrected chi connectivity index (χ3v) is 4.61. The van der Waals surface area contributed by atoms with Crippen LogP contribution in [0.15, 0.2) is 0 Å². The lowest BCUT2D eigenvalue weighted by molar-refractivity contribution is -0.141. The molecule has 0 saturated carbocycles. The maximum absolute atomic E-state index is 12.6. The summed E-state index contributed by atoms with van der Waals surface area (Å²) in [6, 6.07) is 0.891. The first kappa shape index (κ1) is 11.5. The minimum absolute atomic E-state index is 0.213. The third-order valence-electron chi connectivity index (χ3n) is 4.61. The van der Waals surface area contributed by atoms with E-state index in [2.05, 4.69) is 17.1 Å². The van der Waals surface area contributed by atoms with Crippen molar-refractivity contribution < 1.29 is 9.53 Å². The molecule has 0 radical (unpaired) electrons. The molecule has 0 spiro atoms. The predicted octanol–water partition coefficient (Wildman–Crippen LogP) is 0.622. The van der Waals surface area contributed by atoms with Crippen LogP contribution in [0.2, 0.25) is 0 Å². The van der Waals surface area contributed by atoms with E-state index in [4.69, 9.17) is 4.74 Å². The minimum Gasteiger partial charge on any atom is -0.381 e. The number of amides is 1. The van der Waals surface area contributed by atoms with E-state index in [1.54, 1.807) is 0 Å². The largest absolute Gasteiger partial charge is 0.381 e. The highest BCUT2D eigenvalue weighted by atomic mass is 16.5. The number of nitrogens with zero attached hydrogens (tertiary/aromatic N) is 1. The van der Waals surface area contributed by atoms with Gasteiger partial charge in [-0.3, -0.25) is 4.79 Å². The number of carbonyl (C=O) groups is 1. The van der Waals surface area contributed by atoms with E-state index in [0.717, 1.165) is 39.1 Å². The van der Waals surface area contributed by atoms with Gasteiger partial charge in [0.1, 0.15) is 0 Å². The fourth-order valence-electron chi connectivity index (χ4n) is 3.70. The molecule has 0 aromatic carbocycles. The summed E-state index contributed by atoms with van der Waals surface area (Å²) in [5.74, 6) is 1.29. The summed E-state index contributed by atoms with van der Waals surface area (Å²) in [5, 5.41) is 3.41. The summed E-state index contributed by atoms with van der Waals surface area (Å²) in [7, 11) is 0. The van der Waals surface area contributed by atoms with Crippen LogP contribution in [0.4, 0.5) is 0 Å². The number of ether oxygens (including phenoxy) is 1. The second-order valence-electron chi connectivity index (χ2n) is 5.70. The van der Waals surface area contributed by atoms with Crippen molar-refractivity contribution in [3.63, 3.8) is 0 Å². The highest BCUT2D eigenvalue weighted by molar-refractivity contribution is 5.80. The van der Waals surface area contributed by atoms with Crippen LogP contribution in [0.25, 0.3) is 0 Å². The van der Waals surface area contributed by atoms with E-state index in [-0.39, 0.29) is 5.92 Å². The van der Waals surface area contributed by atoms with E-state index >= 15 is 0 Å². The van der Waals surface area contributed by atoms with Gasteiger partial charge in [0.2, 0.25) is 5.91 Å². The van der Waals surface area contributed by atoms with Crippen LogP contribution in [0.3, 0.4) is 0 Å². The zero-order chi connectivity index (χ0) is 11.8. The maximum atomic E-state index is 12.6. The van der Waals surface area contributed by atoms with Gasteiger partial charge >= 0.3 is 0 Å². The maximum Gasteiger partial charge on any atom is 0.226 e. The second-order valence-corrected chi connectivity index (χ2v) is 5.70. The molecular weight excluding hydrogens is 216 g/mol. The molecule has 3 rings (SSSR count). The van der Waals surface area contributed by atoms with Gasteiger partial charge < -0.3 is 15.0 Å². The molecule has 3 saturated heterocycles. The van der Waals surface area contributed by atoms with E-state index in [1.807, 2.05) is 0 Å². The number of nitrogens with one attached hydrogen (secondary N) is 1. The lowest BCUT2D eigenvalue weighted by Gasteiger charge is -2.33. The first-order chi connectivity index (χ1) is 8.27. The average Bonchev–Trinajstić information content (AvgIpc) is 2.89. The van der Waals surface area contributed by atoms with Gasteiger partial charge in [0, 0.05) is 44.3 Å². The van der Waals surface area contributed by atoms with Crippen molar-refractivity contribution in [2.24, 2.45) is 11.8 Å². The summed E-state index contributed by atoms with van der Waals surface area (Å²) in [4.78, 5) is 14.8. The molecule has 4 nitrogen and oxygen atoms in total. The molecule has 17 heavy (non-hydrogen) atoms. The standard InChI is InChI=1S/C13H22N2O2/c1-9-6-11-7-14-8-12(11)15(9)13(16)10-2-4-17-5-3-10/h9-12,14H,2-8H2,1H3. The average molecular weight is 238 g/mol. The summed E-state index contributed by atoms with van der Waals surface area (Å²) in [5.41, 5.74) is 0. The van der Waals surface area contributed by atoms with Crippen LogP contribution in [0.1, 0.15) is 26.2 Å². The molecule has 1 N–H and O–H groups in total. The van der Waals surface area contributed by atoms with Gasteiger partial charge in [-0.25, -0.2) is 0 Å². The van der Waals surface area contributed by atoms with Crippen molar-refractivity contribution in [2.45, 2.75) is 38.3 Å². The molecule has 3 fully saturated rings. The van der Waals surface area contributed by atoms with Gasteiger partial charge in [-0.05, 0) is 32.1 Å². The van der Waals surface area contributed by atoms with Crippen LogP contribution >= 0.6 is 0 Å². The van der Waals surface area contributed by atoms with Gasteiger partial charge in [-0.1, -0.05) is 0 Å². The molecule has 1 amide bonds. The Morgan fingerprint density at radius 3 is 2.82 bits per heavy atom. The molecule has 3 heterocycles. The second kappa shape index (κ2) is 4.58. The molecule has 3 aliphatic heterocycles. The smallest absolute Gasteiger partial charge is 0.226 e. The topological polar surface area (TPSA) is 41.6 Å². The molecule has 96 valence electrons. The Labute approximate surface area is 103 Å². The number of rotatable bonds is 1. The summed E-state index contributed by atoms with van der Waals surface area (Å²) in [6.45, 7) is 5.79. The molecule has 0 aliphatic carbocycles. The Balaban J connectivity index is 1.71. The molecule has 0 aromatic rings. The Hall–Kier alpha value is -0.610. The van der Waals surface area contributed by atoms with E-state index in [1.165, 1.54) is 6.42 Å². The van der Waals surface area contributed by atoms with E-state index < -0.39 is 0 Å². The van der Waals surface area contributed by atoms with Crippen molar-refractivity contribution in [1.82, 2.24) is 10.2 Å². The number of hydrogen-bond donors (Lipinski definition) is 1. The van der Waals surface area contributed by atoms with E-state index in [0.29, 0.717) is 23.9 Å². The highest BCUT2D eigenvalue weighted by Crippen LogP contribution is 2.34. The summed E-state index contributed by atoms with van der Waals surface area (Å²) >= 11 is 0. The normalized spacial score (nSPS) is 38.4. The van der Waals surface area contributed by atoms with Gasteiger partial charge in [-0.15, -0.1) is 0 Å². The molecule has 4 heteroatoms. The first-order valence-electron chi connectivity index (χ1n) is 6.88. The Morgan fingerprint density at radius 2 is 2.06 bits per heavy atom. The third kappa shape index (κ3) is 1.97. The molecular formula is C13H22N2O2. The van der Waals surface area contributed by atoms with Gasteiger partial charge in [0.25, 0.3) is 0 Å². The highest BCUT2D eigenvalue weighted by Gasteiger charge is 2.45. The number of likely N-dealkylation sites (tertiary alicyclic amines) is 1. The van der Waals surface area contributed by atoms with Crippen molar-refractivity contribution in [3.05, 3.63) is 0 Å². The first-order valence-corrected chi connectivity index (χ1v) is 6.88. The summed E-state index contributed by atoms with van der Waals surface area (Å²) < 4.78 is 5.34. The molecule has 0 bridgehead atoms. The van der Waals surface area contributed by atoms with Crippen molar-refractivity contribution >= 4 is 5.91 Å². The SMILES string of the molecule is CC1CC2CNCC2N1C(=O)C1CCOCC1. The number of fused-ring (bicyclic) bond motifs is 1. The Kier molecular flexibility index (Phi) is 3.09. The van der Waals surface area contributed by atoms with Gasteiger partial charge in [0.05, 0.1) is 0 Å². The predicted molar refractivity (Wildman–Crippen MR) is 64.6 cm³/mol. The quantitative estimate of drug-likeness (QED) is 0.728. The fraction of sp³-hybridized carbons (Fsp3) is 0.923. The molecule has 0 aromatic heterocycles. The lowest BCUT2D eigenvalue weighted by atomic mass is 9.97. The van der Waals surface area contributed by atoms with Gasteiger partial charge in [0.15, 0.2) is 0 Å². The van der Waals surface area contributed by atoms with Crippen LogP contribution in [0.5, 0.6) is 0 Å². The van der Waals surface area contributed by atoms with Crippen LogP contribution in [-0.4, -0.2) is 49.2 Å². The fourth-order valence-corrected chi connectivity index (χ4v) is 3.70. The Bertz CT molecular complexity index is 302. The molecule has 3 unspecified atom stereocenters.